The standard InChI is InChI=1S/C53H37N3/c1-53(2)45-23-6-5-20-44(45)52-46(53)24-12-28-50(52)56(37-17-10-15-35(33-37)47-26-13-27-49(55-47)48-25-7-8-31-54-48)36-16-9-14-34(32-36)38-29-30-43-40-19-4-3-18-39(40)42-22-11-21-41(38)51(42)43/h3-33H,1-2H3. The molecule has 0 N–H and O–H groups in total. The highest BCUT2D eigenvalue weighted by molar-refractivity contribution is 6.18. The second-order valence-electron chi connectivity index (χ2n) is 15.4. The highest BCUT2D eigenvalue weighted by Crippen LogP contribution is 2.55. The Morgan fingerprint density at radius 1 is 0.429 bits per heavy atom. The van der Waals surface area contributed by atoms with Gasteiger partial charge in [0, 0.05) is 34.1 Å². The van der Waals surface area contributed by atoms with E-state index in [4.69, 9.17) is 4.98 Å². The zero-order chi connectivity index (χ0) is 37.4. The Kier molecular flexibility index (Phi) is 7.20. The summed E-state index contributed by atoms with van der Waals surface area (Å²) in [6, 6.07) is 65.9. The molecule has 0 bridgehead atoms. The van der Waals surface area contributed by atoms with Gasteiger partial charge in [0.05, 0.1) is 22.8 Å². The van der Waals surface area contributed by atoms with E-state index in [-0.39, 0.29) is 5.41 Å². The fraction of sp³-hybridized carbons (Fsp3) is 0.0566. The predicted molar refractivity (Wildman–Crippen MR) is 233 cm³/mol. The molecule has 2 heterocycles. The summed E-state index contributed by atoms with van der Waals surface area (Å²) < 4.78 is 0. The summed E-state index contributed by atoms with van der Waals surface area (Å²) in [6.07, 6.45) is 1.82. The average Bonchev–Trinajstić information content (AvgIpc) is 3.71. The molecule has 11 rings (SSSR count). The first-order chi connectivity index (χ1) is 27.5. The van der Waals surface area contributed by atoms with Gasteiger partial charge in [-0.25, -0.2) is 4.98 Å². The van der Waals surface area contributed by atoms with Gasteiger partial charge in [0.2, 0.25) is 0 Å². The third-order valence-corrected chi connectivity index (χ3v) is 11.9. The lowest BCUT2D eigenvalue weighted by Gasteiger charge is -2.29. The maximum atomic E-state index is 5.10. The number of fused-ring (bicyclic) bond motifs is 6. The Labute approximate surface area is 327 Å². The highest BCUT2D eigenvalue weighted by atomic mass is 15.1. The normalized spacial score (nSPS) is 13.0. The molecular weight excluding hydrogens is 679 g/mol. The first-order valence-corrected chi connectivity index (χ1v) is 19.3. The van der Waals surface area contributed by atoms with E-state index in [2.05, 4.69) is 181 Å². The van der Waals surface area contributed by atoms with Crippen LogP contribution in [0.25, 0.3) is 77.9 Å². The lowest BCUT2D eigenvalue weighted by atomic mass is 9.82. The molecule has 0 atom stereocenters. The largest absolute Gasteiger partial charge is 0.310 e. The lowest BCUT2D eigenvalue weighted by molar-refractivity contribution is 0.660. The van der Waals surface area contributed by atoms with Crippen LogP contribution in [0.3, 0.4) is 0 Å². The van der Waals surface area contributed by atoms with Crippen LogP contribution < -0.4 is 4.90 Å². The zero-order valence-electron chi connectivity index (χ0n) is 31.2. The van der Waals surface area contributed by atoms with Gasteiger partial charge in [0.15, 0.2) is 0 Å². The van der Waals surface area contributed by atoms with Gasteiger partial charge < -0.3 is 4.90 Å². The molecule has 3 nitrogen and oxygen atoms in total. The molecule has 0 aliphatic heterocycles. The number of pyridine rings is 2. The van der Waals surface area contributed by atoms with Gasteiger partial charge in [-0.15, -0.1) is 0 Å². The van der Waals surface area contributed by atoms with E-state index in [1.54, 1.807) is 0 Å². The molecule has 9 aromatic rings. The second-order valence-corrected chi connectivity index (χ2v) is 15.4. The van der Waals surface area contributed by atoms with Crippen molar-refractivity contribution in [2.75, 3.05) is 4.90 Å². The molecule has 3 heteroatoms. The van der Waals surface area contributed by atoms with Crippen LogP contribution in [-0.2, 0) is 5.41 Å². The highest BCUT2D eigenvalue weighted by Gasteiger charge is 2.37. The number of hydrogen-bond donors (Lipinski definition) is 0. The van der Waals surface area contributed by atoms with Crippen LogP contribution in [0.15, 0.2) is 188 Å². The molecule has 0 unspecified atom stereocenters. The Morgan fingerprint density at radius 2 is 1.02 bits per heavy atom. The van der Waals surface area contributed by atoms with Crippen molar-refractivity contribution in [2.24, 2.45) is 0 Å². The van der Waals surface area contributed by atoms with Crippen LogP contribution in [0, 0.1) is 0 Å². The monoisotopic (exact) mass is 715 g/mol. The minimum atomic E-state index is -0.130. The van der Waals surface area contributed by atoms with E-state index in [0.717, 1.165) is 39.7 Å². The number of aromatic nitrogens is 2. The molecular formula is C53H37N3. The minimum Gasteiger partial charge on any atom is -0.310 e. The number of anilines is 3. The summed E-state index contributed by atoms with van der Waals surface area (Å²) in [6.45, 7) is 4.70. The fourth-order valence-electron chi connectivity index (χ4n) is 9.28. The maximum Gasteiger partial charge on any atom is 0.0893 e. The van der Waals surface area contributed by atoms with Gasteiger partial charge in [0.1, 0.15) is 0 Å². The number of hydrogen-bond acceptors (Lipinski definition) is 3. The van der Waals surface area contributed by atoms with Crippen LogP contribution in [-0.4, -0.2) is 9.97 Å². The van der Waals surface area contributed by atoms with Crippen LogP contribution in [0.1, 0.15) is 25.0 Å². The van der Waals surface area contributed by atoms with E-state index in [1.165, 1.54) is 66.4 Å². The Morgan fingerprint density at radius 3 is 1.82 bits per heavy atom. The van der Waals surface area contributed by atoms with E-state index < -0.39 is 0 Å². The smallest absolute Gasteiger partial charge is 0.0893 e. The summed E-state index contributed by atoms with van der Waals surface area (Å²) in [4.78, 5) is 12.1. The quantitative estimate of drug-likeness (QED) is 0.172. The molecule has 56 heavy (non-hydrogen) atoms. The third-order valence-electron chi connectivity index (χ3n) is 11.9. The first-order valence-electron chi connectivity index (χ1n) is 19.3. The maximum absolute atomic E-state index is 5.10. The summed E-state index contributed by atoms with van der Waals surface area (Å²) in [5, 5.41) is 2.61. The minimum absolute atomic E-state index is 0.130. The van der Waals surface area contributed by atoms with Gasteiger partial charge in [-0.05, 0) is 115 Å². The van der Waals surface area contributed by atoms with E-state index in [0.29, 0.717) is 0 Å². The molecule has 2 aliphatic carbocycles. The van der Waals surface area contributed by atoms with Crippen molar-refractivity contribution >= 4 is 27.8 Å². The van der Waals surface area contributed by atoms with Gasteiger partial charge in [0.25, 0.3) is 0 Å². The Bertz CT molecular complexity index is 2980. The van der Waals surface area contributed by atoms with Crippen molar-refractivity contribution in [3.05, 3.63) is 199 Å². The van der Waals surface area contributed by atoms with E-state index >= 15 is 0 Å². The van der Waals surface area contributed by atoms with Crippen LogP contribution in [0.4, 0.5) is 17.1 Å². The molecule has 2 aromatic heterocycles. The lowest BCUT2D eigenvalue weighted by Crippen LogP contribution is -2.16. The van der Waals surface area contributed by atoms with Crippen LogP contribution >= 0.6 is 0 Å². The molecule has 0 spiro atoms. The number of benzene rings is 7. The van der Waals surface area contributed by atoms with Gasteiger partial charge in [-0.1, -0.05) is 141 Å². The first kappa shape index (κ1) is 32.3. The molecule has 0 saturated heterocycles. The average molecular weight is 716 g/mol. The summed E-state index contributed by atoms with van der Waals surface area (Å²) in [7, 11) is 0. The van der Waals surface area contributed by atoms with Crippen LogP contribution in [0.2, 0.25) is 0 Å². The zero-order valence-corrected chi connectivity index (χ0v) is 31.2. The van der Waals surface area contributed by atoms with Gasteiger partial charge in [-0.2, -0.15) is 0 Å². The molecule has 2 aliphatic rings. The van der Waals surface area contributed by atoms with Crippen molar-refractivity contribution in [2.45, 2.75) is 19.3 Å². The van der Waals surface area contributed by atoms with E-state index in [9.17, 15) is 0 Å². The summed E-state index contributed by atoms with van der Waals surface area (Å²) in [5.41, 5.74) is 19.8. The predicted octanol–water partition coefficient (Wildman–Crippen LogP) is 14.1. The number of nitrogens with zero attached hydrogens (tertiary/aromatic N) is 3. The fourth-order valence-corrected chi connectivity index (χ4v) is 9.28. The molecule has 0 amide bonds. The van der Waals surface area contributed by atoms with Crippen molar-refractivity contribution in [1.82, 2.24) is 9.97 Å². The van der Waals surface area contributed by atoms with Crippen molar-refractivity contribution in [3.63, 3.8) is 0 Å². The topological polar surface area (TPSA) is 29.0 Å². The van der Waals surface area contributed by atoms with E-state index in [1.807, 2.05) is 30.5 Å². The Balaban J connectivity index is 1.11. The summed E-state index contributed by atoms with van der Waals surface area (Å²) >= 11 is 0. The molecule has 264 valence electrons. The molecule has 0 fully saturated rings. The molecule has 0 saturated carbocycles. The molecule has 7 aromatic carbocycles. The SMILES string of the molecule is CC1(C)c2ccccc2-c2c(N(c3cccc(-c4cccc(-c5ccccn5)n4)c3)c3cccc(-c4ccc5c6c(cccc46)-c4ccccc4-5)c3)cccc21. The van der Waals surface area contributed by atoms with Crippen molar-refractivity contribution in [1.29, 1.82) is 0 Å². The third kappa shape index (κ3) is 4.91. The van der Waals surface area contributed by atoms with Crippen molar-refractivity contribution in [3.8, 4) is 67.2 Å². The van der Waals surface area contributed by atoms with Gasteiger partial charge >= 0.3 is 0 Å². The van der Waals surface area contributed by atoms with Gasteiger partial charge in [-0.3, -0.25) is 4.98 Å². The van der Waals surface area contributed by atoms with Crippen molar-refractivity contribution < 1.29 is 0 Å². The summed E-state index contributed by atoms with van der Waals surface area (Å²) in [5.74, 6) is 0. The second kappa shape index (κ2) is 12.5. The Hall–Kier alpha value is -7.10. The molecule has 0 radical (unpaired) electrons. The number of rotatable bonds is 6. The van der Waals surface area contributed by atoms with Crippen LogP contribution in [0.5, 0.6) is 0 Å².